The number of fused-ring (bicyclic) bond motifs is 1. The standard InChI is InChI=1S/C17H24N4O3S.ClH/c1-12(18)13-6-5-9-21(10-13)16(22)11-20(2)17-14-7-3-4-8-15(14)25(23,24)19-17;/h3-4,7-8,12-13H,5-6,9-11,18H2,1-2H3;1H. The minimum Gasteiger partial charge on any atom is -0.349 e. The number of likely N-dealkylation sites (tertiary alicyclic amines) is 1. The minimum absolute atomic E-state index is 0. The van der Waals surface area contributed by atoms with Crippen LogP contribution in [0.5, 0.6) is 0 Å². The number of rotatable bonds is 3. The average molecular weight is 401 g/mol. The van der Waals surface area contributed by atoms with Gasteiger partial charge in [-0.1, -0.05) is 12.1 Å². The third-order valence-electron chi connectivity index (χ3n) is 4.90. The number of halogens is 1. The van der Waals surface area contributed by atoms with Crippen LogP contribution in [0, 0.1) is 5.92 Å². The molecular formula is C17H25ClN4O3S. The number of carbonyl (C=O) groups excluding carboxylic acids is 1. The summed E-state index contributed by atoms with van der Waals surface area (Å²) in [4.78, 5) is 16.3. The smallest absolute Gasteiger partial charge is 0.285 e. The zero-order valence-corrected chi connectivity index (χ0v) is 16.6. The molecule has 3 rings (SSSR count). The van der Waals surface area contributed by atoms with Crippen molar-refractivity contribution < 1.29 is 13.2 Å². The van der Waals surface area contributed by atoms with Crippen molar-refractivity contribution in [3.63, 3.8) is 0 Å². The molecule has 0 saturated carbocycles. The van der Waals surface area contributed by atoms with Crippen molar-refractivity contribution in [2.24, 2.45) is 16.0 Å². The Bertz CT molecular complexity index is 810. The van der Waals surface area contributed by atoms with Crippen molar-refractivity contribution in [1.82, 2.24) is 9.80 Å². The number of nitrogens with zero attached hydrogens (tertiary/aromatic N) is 3. The van der Waals surface area contributed by atoms with E-state index in [1.165, 1.54) is 6.07 Å². The molecule has 0 spiro atoms. The lowest BCUT2D eigenvalue weighted by Crippen LogP contribution is -2.48. The third-order valence-corrected chi connectivity index (χ3v) is 6.23. The first-order valence-corrected chi connectivity index (χ1v) is 9.92. The Morgan fingerprint density at radius 2 is 2.12 bits per heavy atom. The Morgan fingerprint density at radius 3 is 2.81 bits per heavy atom. The molecule has 0 aliphatic carbocycles. The van der Waals surface area contributed by atoms with Gasteiger partial charge in [0.2, 0.25) is 5.91 Å². The Labute approximate surface area is 160 Å². The molecule has 144 valence electrons. The fourth-order valence-electron chi connectivity index (χ4n) is 3.41. The lowest BCUT2D eigenvalue weighted by atomic mass is 9.92. The van der Waals surface area contributed by atoms with Crippen LogP contribution in [0.3, 0.4) is 0 Å². The van der Waals surface area contributed by atoms with Crippen LogP contribution in [0.1, 0.15) is 25.3 Å². The number of amidine groups is 1. The molecule has 1 saturated heterocycles. The van der Waals surface area contributed by atoms with Gasteiger partial charge in [0, 0.05) is 31.7 Å². The molecule has 1 fully saturated rings. The van der Waals surface area contributed by atoms with E-state index in [-0.39, 0.29) is 35.8 Å². The van der Waals surface area contributed by atoms with Gasteiger partial charge in [-0.3, -0.25) is 4.79 Å². The maximum atomic E-state index is 12.6. The van der Waals surface area contributed by atoms with E-state index < -0.39 is 10.0 Å². The second-order valence-corrected chi connectivity index (χ2v) is 8.42. The van der Waals surface area contributed by atoms with Crippen LogP contribution in [0.15, 0.2) is 33.6 Å². The highest BCUT2D eigenvalue weighted by Gasteiger charge is 2.32. The van der Waals surface area contributed by atoms with Gasteiger partial charge in [-0.2, -0.15) is 8.42 Å². The monoisotopic (exact) mass is 400 g/mol. The third kappa shape index (κ3) is 4.02. The van der Waals surface area contributed by atoms with Crippen LogP contribution < -0.4 is 5.73 Å². The molecule has 7 nitrogen and oxygen atoms in total. The molecule has 2 atom stereocenters. The average Bonchev–Trinajstić information content (AvgIpc) is 2.87. The number of likely N-dealkylation sites (N-methyl/N-ethyl adjacent to an activating group) is 1. The Kier molecular flexibility index (Phi) is 6.31. The molecule has 0 radical (unpaired) electrons. The van der Waals surface area contributed by atoms with Crippen molar-refractivity contribution in [2.75, 3.05) is 26.7 Å². The van der Waals surface area contributed by atoms with E-state index in [2.05, 4.69) is 4.40 Å². The summed E-state index contributed by atoms with van der Waals surface area (Å²) < 4.78 is 28.2. The largest absolute Gasteiger partial charge is 0.349 e. The molecule has 1 amide bonds. The van der Waals surface area contributed by atoms with Gasteiger partial charge in [0.1, 0.15) is 4.90 Å². The van der Waals surface area contributed by atoms with Crippen LogP contribution in [0.2, 0.25) is 0 Å². The lowest BCUT2D eigenvalue weighted by molar-refractivity contribution is -0.133. The van der Waals surface area contributed by atoms with Crippen molar-refractivity contribution >= 4 is 34.2 Å². The van der Waals surface area contributed by atoms with Gasteiger partial charge in [-0.05, 0) is 37.8 Å². The molecular weight excluding hydrogens is 376 g/mol. The van der Waals surface area contributed by atoms with E-state index in [9.17, 15) is 13.2 Å². The molecule has 2 heterocycles. The van der Waals surface area contributed by atoms with Gasteiger partial charge >= 0.3 is 0 Å². The number of amides is 1. The molecule has 2 N–H and O–H groups in total. The van der Waals surface area contributed by atoms with Crippen molar-refractivity contribution in [2.45, 2.75) is 30.7 Å². The molecule has 0 bridgehead atoms. The molecule has 26 heavy (non-hydrogen) atoms. The minimum atomic E-state index is -3.68. The number of sulfonamides is 1. The summed E-state index contributed by atoms with van der Waals surface area (Å²) in [6.45, 7) is 3.44. The van der Waals surface area contributed by atoms with Gasteiger partial charge in [0.15, 0.2) is 5.84 Å². The van der Waals surface area contributed by atoms with Gasteiger partial charge in [-0.15, -0.1) is 16.8 Å². The number of carbonyl (C=O) groups is 1. The number of piperidine rings is 1. The van der Waals surface area contributed by atoms with Crippen LogP contribution in [-0.2, 0) is 14.8 Å². The highest BCUT2D eigenvalue weighted by Crippen LogP contribution is 2.27. The first kappa shape index (κ1) is 20.7. The van der Waals surface area contributed by atoms with Gasteiger partial charge in [0.05, 0.1) is 6.54 Å². The normalized spacial score (nSPS) is 22.0. The zero-order chi connectivity index (χ0) is 18.2. The molecule has 9 heteroatoms. The van der Waals surface area contributed by atoms with E-state index >= 15 is 0 Å². The Morgan fingerprint density at radius 1 is 1.42 bits per heavy atom. The molecule has 1 aromatic carbocycles. The second-order valence-electron chi connectivity index (χ2n) is 6.84. The topological polar surface area (TPSA) is 96.1 Å². The molecule has 0 aromatic heterocycles. The van der Waals surface area contributed by atoms with Crippen molar-refractivity contribution in [3.8, 4) is 0 Å². The van der Waals surface area contributed by atoms with E-state index in [0.29, 0.717) is 23.9 Å². The maximum Gasteiger partial charge on any atom is 0.285 e. The zero-order valence-electron chi connectivity index (χ0n) is 15.0. The first-order chi connectivity index (χ1) is 11.8. The summed E-state index contributed by atoms with van der Waals surface area (Å²) in [5, 5.41) is 0. The lowest BCUT2D eigenvalue weighted by Gasteiger charge is -2.35. The van der Waals surface area contributed by atoms with E-state index in [1.54, 1.807) is 30.1 Å². The predicted molar refractivity (Wildman–Crippen MR) is 103 cm³/mol. The summed E-state index contributed by atoms with van der Waals surface area (Å²) in [5.41, 5.74) is 6.53. The fraction of sp³-hybridized carbons (Fsp3) is 0.529. The van der Waals surface area contributed by atoms with Gasteiger partial charge < -0.3 is 15.5 Å². The molecule has 2 aliphatic rings. The van der Waals surface area contributed by atoms with E-state index in [4.69, 9.17) is 5.73 Å². The van der Waals surface area contributed by atoms with Crippen molar-refractivity contribution in [3.05, 3.63) is 29.8 Å². The number of hydrogen-bond donors (Lipinski definition) is 1. The number of nitrogens with two attached hydrogens (primary N) is 1. The SMILES string of the molecule is CC(N)C1CCCN(C(=O)CN(C)C2=NS(=O)(=O)c3ccccc32)C1.Cl. The van der Waals surface area contributed by atoms with Crippen LogP contribution in [0.4, 0.5) is 0 Å². The molecule has 2 aliphatic heterocycles. The molecule has 2 unspecified atom stereocenters. The number of hydrogen-bond acceptors (Lipinski definition) is 5. The summed E-state index contributed by atoms with van der Waals surface area (Å²) in [5.74, 6) is 0.606. The quantitative estimate of drug-likeness (QED) is 0.818. The van der Waals surface area contributed by atoms with Crippen molar-refractivity contribution in [1.29, 1.82) is 0 Å². The number of benzene rings is 1. The Hall–Kier alpha value is -1.64. The van der Waals surface area contributed by atoms with E-state index in [0.717, 1.165) is 19.4 Å². The van der Waals surface area contributed by atoms with Crippen LogP contribution in [-0.4, -0.2) is 62.7 Å². The van der Waals surface area contributed by atoms with Gasteiger partial charge in [0.25, 0.3) is 10.0 Å². The van der Waals surface area contributed by atoms with Crippen LogP contribution >= 0.6 is 12.4 Å². The highest BCUT2D eigenvalue weighted by molar-refractivity contribution is 7.90. The van der Waals surface area contributed by atoms with E-state index in [1.807, 2.05) is 11.8 Å². The second kappa shape index (κ2) is 7.94. The maximum absolute atomic E-state index is 12.6. The Balaban J connectivity index is 0.00000243. The first-order valence-electron chi connectivity index (χ1n) is 8.48. The highest BCUT2D eigenvalue weighted by atomic mass is 35.5. The summed E-state index contributed by atoms with van der Waals surface area (Å²) in [7, 11) is -1.98. The van der Waals surface area contributed by atoms with Crippen LogP contribution in [0.25, 0.3) is 0 Å². The van der Waals surface area contributed by atoms with Gasteiger partial charge in [-0.25, -0.2) is 0 Å². The molecule has 1 aromatic rings. The summed E-state index contributed by atoms with van der Waals surface area (Å²) in [6.07, 6.45) is 1.98. The summed E-state index contributed by atoms with van der Waals surface area (Å²) in [6, 6.07) is 6.75. The fourth-order valence-corrected chi connectivity index (χ4v) is 4.66. The summed E-state index contributed by atoms with van der Waals surface area (Å²) >= 11 is 0. The predicted octanol–water partition coefficient (Wildman–Crippen LogP) is 1.07.